The van der Waals surface area contributed by atoms with Gasteiger partial charge >= 0.3 is 0 Å². The number of carbonyl (C=O) groups is 1. The van der Waals surface area contributed by atoms with Gasteiger partial charge in [-0.05, 0) is 49.6 Å². The highest BCUT2D eigenvalue weighted by atomic mass is 32.2. The van der Waals surface area contributed by atoms with Crippen LogP contribution in [0, 0.1) is 20.8 Å². The van der Waals surface area contributed by atoms with E-state index < -0.39 is 16.1 Å². The van der Waals surface area contributed by atoms with Gasteiger partial charge in [0.2, 0.25) is 10.0 Å². The number of hydrogen-bond acceptors (Lipinski definition) is 4. The van der Waals surface area contributed by atoms with E-state index in [0.717, 1.165) is 22.4 Å². The summed E-state index contributed by atoms with van der Waals surface area (Å²) in [6.45, 7) is 5.77. The number of hydrogen-bond donors (Lipinski definition) is 1. The Labute approximate surface area is 188 Å². The van der Waals surface area contributed by atoms with E-state index >= 15 is 0 Å². The van der Waals surface area contributed by atoms with Crippen molar-refractivity contribution in [3.63, 3.8) is 0 Å². The molecule has 0 saturated heterocycles. The van der Waals surface area contributed by atoms with Gasteiger partial charge in [-0.25, -0.2) is 8.42 Å². The number of sulfonamides is 1. The van der Waals surface area contributed by atoms with Crippen molar-refractivity contribution < 1.29 is 17.9 Å². The van der Waals surface area contributed by atoms with E-state index in [1.807, 2.05) is 39.0 Å². The molecule has 0 spiro atoms. The fraction of sp³-hybridized carbons (Fsp3) is 0.240. The highest BCUT2D eigenvalue weighted by molar-refractivity contribution is 7.92. The molecule has 0 unspecified atom stereocenters. The number of fused-ring (bicyclic) bond motifs is 1. The Morgan fingerprint density at radius 2 is 1.62 bits per heavy atom. The molecule has 3 aromatic rings. The lowest BCUT2D eigenvalue weighted by atomic mass is 10.0. The molecule has 1 heterocycles. The van der Waals surface area contributed by atoms with Gasteiger partial charge in [-0.15, -0.1) is 0 Å². The second-order valence-electron chi connectivity index (χ2n) is 8.11. The van der Waals surface area contributed by atoms with Crippen molar-refractivity contribution in [2.45, 2.75) is 32.6 Å². The lowest BCUT2D eigenvalue weighted by Gasteiger charge is -2.35. The molecule has 32 heavy (non-hydrogen) atoms. The fourth-order valence-corrected chi connectivity index (χ4v) is 5.63. The molecule has 0 saturated carbocycles. The average molecular weight is 451 g/mol. The standard InChI is InChI=1S/C25H26N2O4S/c1-17-13-18(2)24(19(3)14-17)26-25(28)23-15-27(21-11-7-8-12-22(21)31-23)32(29,30)16-20-9-5-4-6-10-20/h4-14,23H,15-16H2,1-3H3,(H,26,28)/t23-/m1/s1. The zero-order valence-corrected chi connectivity index (χ0v) is 19.1. The Bertz CT molecular complexity index is 1230. The maximum atomic E-state index is 13.3. The van der Waals surface area contributed by atoms with E-state index in [-0.39, 0.29) is 18.2 Å². The van der Waals surface area contributed by atoms with Crippen LogP contribution in [0.5, 0.6) is 5.75 Å². The number of para-hydroxylation sites is 2. The SMILES string of the molecule is Cc1cc(C)c(NC(=O)[C@H]2CN(S(=O)(=O)Cc3ccccc3)c3ccccc3O2)c(C)c1. The Morgan fingerprint density at radius 3 is 2.31 bits per heavy atom. The molecule has 0 aromatic heterocycles. The molecule has 3 aromatic carbocycles. The Hall–Kier alpha value is -3.32. The van der Waals surface area contributed by atoms with Crippen molar-refractivity contribution in [2.75, 3.05) is 16.2 Å². The molecule has 0 aliphatic carbocycles. The molecular weight excluding hydrogens is 424 g/mol. The molecular formula is C25H26N2O4S. The zero-order valence-electron chi connectivity index (χ0n) is 18.3. The lowest BCUT2D eigenvalue weighted by molar-refractivity contribution is -0.122. The molecule has 1 amide bonds. The molecule has 1 aliphatic heterocycles. The van der Waals surface area contributed by atoms with E-state index in [2.05, 4.69) is 5.32 Å². The molecule has 1 atom stereocenters. The summed E-state index contributed by atoms with van der Waals surface area (Å²) in [5, 5.41) is 2.94. The van der Waals surface area contributed by atoms with Crippen LogP contribution in [-0.2, 0) is 20.6 Å². The normalized spacial score (nSPS) is 15.6. The summed E-state index contributed by atoms with van der Waals surface area (Å²) in [6.07, 6.45) is -0.976. The van der Waals surface area contributed by atoms with Crippen LogP contribution in [0.3, 0.4) is 0 Å². The van der Waals surface area contributed by atoms with Crippen LogP contribution in [0.15, 0.2) is 66.7 Å². The largest absolute Gasteiger partial charge is 0.476 e. The minimum atomic E-state index is -3.74. The third-order valence-electron chi connectivity index (χ3n) is 5.48. The second kappa shape index (κ2) is 8.67. The summed E-state index contributed by atoms with van der Waals surface area (Å²) in [4.78, 5) is 13.1. The first-order valence-electron chi connectivity index (χ1n) is 10.4. The Balaban J connectivity index is 1.63. The number of aryl methyl sites for hydroxylation is 3. The molecule has 0 radical (unpaired) electrons. The van der Waals surface area contributed by atoms with Gasteiger partial charge in [0.15, 0.2) is 6.10 Å². The van der Waals surface area contributed by atoms with Crippen molar-refractivity contribution in [1.82, 2.24) is 0 Å². The number of rotatable bonds is 5. The van der Waals surface area contributed by atoms with Crippen LogP contribution in [-0.4, -0.2) is 27.0 Å². The summed E-state index contributed by atoms with van der Waals surface area (Å²) in [6, 6.07) is 19.9. The third-order valence-corrected chi connectivity index (χ3v) is 7.20. The number of nitrogens with one attached hydrogen (secondary N) is 1. The summed E-state index contributed by atoms with van der Waals surface area (Å²) < 4.78 is 33.9. The molecule has 1 N–H and O–H groups in total. The number of ether oxygens (including phenoxy) is 1. The van der Waals surface area contributed by atoms with Crippen molar-refractivity contribution in [3.05, 3.63) is 89.0 Å². The topological polar surface area (TPSA) is 75.7 Å². The maximum absolute atomic E-state index is 13.3. The highest BCUT2D eigenvalue weighted by Crippen LogP contribution is 2.36. The van der Waals surface area contributed by atoms with Gasteiger partial charge in [-0.3, -0.25) is 9.10 Å². The van der Waals surface area contributed by atoms with Crippen LogP contribution in [0.1, 0.15) is 22.3 Å². The van der Waals surface area contributed by atoms with Gasteiger partial charge in [0, 0.05) is 5.69 Å². The number of carbonyl (C=O) groups excluding carboxylic acids is 1. The predicted octanol–water partition coefficient (Wildman–Crippen LogP) is 4.35. The monoisotopic (exact) mass is 450 g/mol. The Morgan fingerprint density at radius 1 is 1.00 bits per heavy atom. The molecule has 0 bridgehead atoms. The van der Waals surface area contributed by atoms with Gasteiger partial charge in [0.05, 0.1) is 18.0 Å². The quantitative estimate of drug-likeness (QED) is 0.627. The number of anilines is 2. The van der Waals surface area contributed by atoms with E-state index in [9.17, 15) is 13.2 Å². The number of amides is 1. The summed E-state index contributed by atoms with van der Waals surface area (Å²) >= 11 is 0. The first kappa shape index (κ1) is 21.9. The molecule has 7 heteroatoms. The lowest BCUT2D eigenvalue weighted by Crippen LogP contribution is -2.49. The molecule has 4 rings (SSSR count). The van der Waals surface area contributed by atoms with E-state index in [0.29, 0.717) is 17.0 Å². The van der Waals surface area contributed by atoms with E-state index in [1.54, 1.807) is 48.5 Å². The van der Waals surface area contributed by atoms with Gasteiger partial charge < -0.3 is 10.1 Å². The first-order valence-corrected chi connectivity index (χ1v) is 12.0. The zero-order chi connectivity index (χ0) is 22.9. The maximum Gasteiger partial charge on any atom is 0.267 e. The van der Waals surface area contributed by atoms with Crippen LogP contribution in [0.25, 0.3) is 0 Å². The van der Waals surface area contributed by atoms with Gasteiger partial charge in [0.25, 0.3) is 5.91 Å². The second-order valence-corrected chi connectivity index (χ2v) is 10.0. The van der Waals surface area contributed by atoms with Gasteiger partial charge in [0.1, 0.15) is 5.75 Å². The summed E-state index contributed by atoms with van der Waals surface area (Å²) in [5.41, 5.74) is 4.85. The third kappa shape index (κ3) is 4.48. The predicted molar refractivity (Wildman–Crippen MR) is 127 cm³/mol. The van der Waals surface area contributed by atoms with Crippen LogP contribution >= 0.6 is 0 Å². The molecule has 166 valence electrons. The van der Waals surface area contributed by atoms with Crippen molar-refractivity contribution >= 4 is 27.3 Å². The molecule has 0 fully saturated rings. The van der Waals surface area contributed by atoms with E-state index in [1.165, 1.54) is 4.31 Å². The van der Waals surface area contributed by atoms with Crippen molar-refractivity contribution in [3.8, 4) is 5.75 Å². The highest BCUT2D eigenvalue weighted by Gasteiger charge is 2.36. The van der Waals surface area contributed by atoms with Crippen molar-refractivity contribution in [2.24, 2.45) is 0 Å². The van der Waals surface area contributed by atoms with Crippen LogP contribution < -0.4 is 14.4 Å². The van der Waals surface area contributed by atoms with Crippen molar-refractivity contribution in [1.29, 1.82) is 0 Å². The Kier molecular flexibility index (Phi) is 5.93. The fourth-order valence-electron chi connectivity index (χ4n) is 4.05. The van der Waals surface area contributed by atoms with Gasteiger partial charge in [-0.2, -0.15) is 0 Å². The minimum Gasteiger partial charge on any atom is -0.476 e. The number of benzene rings is 3. The first-order chi connectivity index (χ1) is 15.2. The summed E-state index contributed by atoms with van der Waals surface area (Å²) in [7, 11) is -3.74. The average Bonchev–Trinajstić information content (AvgIpc) is 2.75. The minimum absolute atomic E-state index is 0.0953. The smallest absolute Gasteiger partial charge is 0.267 e. The van der Waals surface area contributed by atoms with Gasteiger partial charge in [-0.1, -0.05) is 60.2 Å². The molecule has 1 aliphatic rings. The molecule has 6 nitrogen and oxygen atoms in total. The summed E-state index contributed by atoms with van der Waals surface area (Å²) in [5.74, 6) is -0.172. The number of nitrogens with zero attached hydrogens (tertiary/aromatic N) is 1. The van der Waals surface area contributed by atoms with Crippen LogP contribution in [0.2, 0.25) is 0 Å². The van der Waals surface area contributed by atoms with E-state index in [4.69, 9.17) is 4.74 Å². The van der Waals surface area contributed by atoms with Crippen LogP contribution in [0.4, 0.5) is 11.4 Å².